The Balaban J connectivity index is 0.00000121. The van der Waals surface area contributed by atoms with E-state index in [1.165, 1.54) is 11.4 Å². The van der Waals surface area contributed by atoms with Gasteiger partial charge in [-0.15, -0.1) is 0 Å². The maximum absolute atomic E-state index is 4.34. The monoisotopic (exact) mass is 232 g/mol. The molecule has 70 valence electrons. The lowest BCUT2D eigenvalue weighted by Crippen LogP contribution is -3.00. The number of nitrogens with two attached hydrogens (primary N) is 1. The second-order valence-corrected chi connectivity index (χ2v) is 3.59. The van der Waals surface area contributed by atoms with Gasteiger partial charge >= 0.3 is 0 Å². The fourth-order valence-electron chi connectivity index (χ4n) is 1.33. The Morgan fingerprint density at radius 2 is 1.75 bits per heavy atom. The van der Waals surface area contributed by atoms with Crippen molar-refractivity contribution in [2.45, 2.75) is 27.7 Å². The highest BCUT2D eigenvalue weighted by atomic mass is 79.9. The average Bonchev–Trinajstić information content (AvgIpc) is 2.32. The Hall–Kier alpha value is -0.150. The summed E-state index contributed by atoms with van der Waals surface area (Å²) in [6, 6.07) is 0. The lowest BCUT2D eigenvalue weighted by Gasteiger charge is -2.06. The molecule has 0 aromatic rings. The maximum atomic E-state index is 4.34. The number of allylic oxidation sites excluding steroid dienone is 2. The Bertz CT molecular complexity index is 205. The zero-order chi connectivity index (χ0) is 8.43. The molecule has 0 radical (unpaired) electrons. The molecule has 1 heterocycles. The largest absolute Gasteiger partial charge is 1.00 e. The van der Waals surface area contributed by atoms with Crippen molar-refractivity contribution < 1.29 is 22.3 Å². The van der Waals surface area contributed by atoms with E-state index in [1.54, 1.807) is 0 Å². The molecular weight excluding hydrogens is 216 g/mol. The molecule has 0 spiro atoms. The van der Waals surface area contributed by atoms with E-state index in [-0.39, 0.29) is 17.0 Å². The SMILES string of the molecule is CC(C)C1=C(C(C)C)[NH2+]C=N1.[Br-]. The molecular formula is C9H17BrN2. The Labute approximate surface area is 84.9 Å². The quantitative estimate of drug-likeness (QED) is 0.578. The standard InChI is InChI=1S/C9H16N2.BrH/c1-6(2)8-9(7(3)4)11-5-10-8;/h5-7H,1-4H3,(H,10,11);1H. The molecule has 1 aliphatic heterocycles. The zero-order valence-corrected chi connectivity index (χ0v) is 9.72. The van der Waals surface area contributed by atoms with Crippen LogP contribution in [0.15, 0.2) is 16.4 Å². The summed E-state index contributed by atoms with van der Waals surface area (Å²) < 4.78 is 0. The molecule has 1 rings (SSSR count). The van der Waals surface area contributed by atoms with Gasteiger partial charge in [-0.2, -0.15) is 0 Å². The number of rotatable bonds is 2. The highest BCUT2D eigenvalue weighted by Crippen LogP contribution is 2.18. The highest BCUT2D eigenvalue weighted by Gasteiger charge is 2.20. The first-order chi connectivity index (χ1) is 5.13. The molecule has 0 fully saturated rings. The molecule has 2 nitrogen and oxygen atoms in total. The van der Waals surface area contributed by atoms with Crippen molar-refractivity contribution in [3.8, 4) is 0 Å². The van der Waals surface area contributed by atoms with Crippen LogP contribution in [-0.4, -0.2) is 6.34 Å². The van der Waals surface area contributed by atoms with E-state index in [2.05, 4.69) is 38.0 Å². The van der Waals surface area contributed by atoms with E-state index in [0.29, 0.717) is 11.8 Å². The maximum Gasteiger partial charge on any atom is 0.191 e. The van der Waals surface area contributed by atoms with E-state index in [1.807, 2.05) is 6.34 Å². The van der Waals surface area contributed by atoms with Gasteiger partial charge in [0.1, 0.15) is 11.4 Å². The smallest absolute Gasteiger partial charge is 0.191 e. The van der Waals surface area contributed by atoms with Crippen molar-refractivity contribution in [1.82, 2.24) is 0 Å². The van der Waals surface area contributed by atoms with Crippen molar-refractivity contribution >= 4 is 6.34 Å². The van der Waals surface area contributed by atoms with E-state index < -0.39 is 0 Å². The van der Waals surface area contributed by atoms with Crippen molar-refractivity contribution in [3.63, 3.8) is 0 Å². The lowest BCUT2D eigenvalue weighted by molar-refractivity contribution is -0.478. The molecule has 0 saturated carbocycles. The van der Waals surface area contributed by atoms with Crippen LogP contribution in [0.5, 0.6) is 0 Å². The van der Waals surface area contributed by atoms with Gasteiger partial charge in [0.15, 0.2) is 6.34 Å². The average molecular weight is 233 g/mol. The second kappa shape index (κ2) is 4.77. The minimum atomic E-state index is 0. The fourth-order valence-corrected chi connectivity index (χ4v) is 1.33. The molecule has 0 bridgehead atoms. The number of halogens is 1. The Morgan fingerprint density at radius 1 is 1.17 bits per heavy atom. The molecule has 0 atom stereocenters. The molecule has 3 heteroatoms. The summed E-state index contributed by atoms with van der Waals surface area (Å²) in [5, 5.41) is 2.12. The van der Waals surface area contributed by atoms with Crippen molar-refractivity contribution in [3.05, 3.63) is 11.4 Å². The number of aliphatic imine (C=N–C) groups is 1. The first-order valence-electron chi connectivity index (χ1n) is 4.24. The minimum Gasteiger partial charge on any atom is -1.00 e. The number of hydrogen-bond acceptors (Lipinski definition) is 1. The van der Waals surface area contributed by atoms with Crippen LogP contribution in [0, 0.1) is 11.8 Å². The number of quaternary nitrogens is 1. The number of hydrogen-bond donors (Lipinski definition) is 1. The number of nitrogens with zero attached hydrogens (tertiary/aromatic N) is 1. The molecule has 0 aliphatic carbocycles. The summed E-state index contributed by atoms with van der Waals surface area (Å²) >= 11 is 0. The van der Waals surface area contributed by atoms with Gasteiger partial charge in [-0.3, -0.25) is 5.32 Å². The molecule has 0 unspecified atom stereocenters. The van der Waals surface area contributed by atoms with Gasteiger partial charge in [0.25, 0.3) is 0 Å². The molecule has 0 amide bonds. The first kappa shape index (κ1) is 11.8. The van der Waals surface area contributed by atoms with Gasteiger partial charge in [0, 0.05) is 11.8 Å². The predicted octanol–water partition coefficient (Wildman–Crippen LogP) is -1.88. The third-order valence-corrected chi connectivity index (χ3v) is 1.93. The van der Waals surface area contributed by atoms with Crippen LogP contribution in [0.25, 0.3) is 0 Å². The molecule has 2 N–H and O–H groups in total. The van der Waals surface area contributed by atoms with E-state index in [9.17, 15) is 0 Å². The summed E-state index contributed by atoms with van der Waals surface area (Å²) in [5.41, 5.74) is 2.67. The van der Waals surface area contributed by atoms with Crippen molar-refractivity contribution in [2.24, 2.45) is 16.8 Å². The van der Waals surface area contributed by atoms with Crippen LogP contribution < -0.4 is 22.3 Å². The summed E-state index contributed by atoms with van der Waals surface area (Å²) in [6.07, 6.45) is 1.91. The van der Waals surface area contributed by atoms with Crippen molar-refractivity contribution in [1.29, 1.82) is 0 Å². The third kappa shape index (κ3) is 2.42. The summed E-state index contributed by atoms with van der Waals surface area (Å²) in [4.78, 5) is 4.34. The molecule has 0 aromatic heterocycles. The van der Waals surface area contributed by atoms with Crippen LogP contribution in [0.4, 0.5) is 0 Å². The normalized spacial score (nSPS) is 16.2. The Morgan fingerprint density at radius 3 is 2.08 bits per heavy atom. The summed E-state index contributed by atoms with van der Waals surface area (Å²) in [5.74, 6) is 1.16. The predicted molar refractivity (Wildman–Crippen MR) is 47.1 cm³/mol. The van der Waals surface area contributed by atoms with E-state index in [0.717, 1.165) is 0 Å². The van der Waals surface area contributed by atoms with Gasteiger partial charge in [-0.1, -0.05) is 27.7 Å². The van der Waals surface area contributed by atoms with E-state index in [4.69, 9.17) is 0 Å². The lowest BCUT2D eigenvalue weighted by atomic mass is 10.0. The zero-order valence-electron chi connectivity index (χ0n) is 8.13. The van der Waals surface area contributed by atoms with Crippen LogP contribution >= 0.6 is 0 Å². The van der Waals surface area contributed by atoms with Crippen molar-refractivity contribution in [2.75, 3.05) is 0 Å². The van der Waals surface area contributed by atoms with E-state index >= 15 is 0 Å². The third-order valence-electron chi connectivity index (χ3n) is 1.93. The van der Waals surface area contributed by atoms with Crippen LogP contribution in [-0.2, 0) is 0 Å². The van der Waals surface area contributed by atoms with Gasteiger partial charge in [-0.25, -0.2) is 4.99 Å². The molecule has 0 aromatic carbocycles. The van der Waals surface area contributed by atoms with Gasteiger partial charge in [-0.05, 0) is 0 Å². The second-order valence-electron chi connectivity index (χ2n) is 3.59. The van der Waals surface area contributed by atoms with Crippen LogP contribution in [0.3, 0.4) is 0 Å². The highest BCUT2D eigenvalue weighted by molar-refractivity contribution is 5.50. The van der Waals surface area contributed by atoms with Crippen LogP contribution in [0.1, 0.15) is 27.7 Å². The Kier molecular flexibility index (Phi) is 4.71. The van der Waals surface area contributed by atoms with Gasteiger partial charge < -0.3 is 17.0 Å². The van der Waals surface area contributed by atoms with Gasteiger partial charge in [0.2, 0.25) is 0 Å². The fraction of sp³-hybridized carbons (Fsp3) is 0.667. The summed E-state index contributed by atoms with van der Waals surface area (Å²) in [6.45, 7) is 8.80. The topological polar surface area (TPSA) is 29.0 Å². The minimum absolute atomic E-state index is 0. The van der Waals surface area contributed by atoms with Crippen LogP contribution in [0.2, 0.25) is 0 Å². The molecule has 0 saturated heterocycles. The first-order valence-corrected chi connectivity index (χ1v) is 4.24. The summed E-state index contributed by atoms with van der Waals surface area (Å²) in [7, 11) is 0. The molecule has 1 aliphatic rings. The molecule has 12 heavy (non-hydrogen) atoms. The van der Waals surface area contributed by atoms with Gasteiger partial charge in [0.05, 0.1) is 0 Å².